The van der Waals surface area contributed by atoms with Gasteiger partial charge in [0, 0.05) is 17.8 Å². The van der Waals surface area contributed by atoms with Crippen LogP contribution < -0.4 is 10.6 Å². The smallest absolute Gasteiger partial charge is 0.258 e. The van der Waals surface area contributed by atoms with Crippen LogP contribution >= 0.6 is 0 Å². The highest BCUT2D eigenvalue weighted by Gasteiger charge is 2.45. The molecule has 0 aromatic heterocycles. The topological polar surface area (TPSA) is 58.2 Å². The Labute approximate surface area is 163 Å². The summed E-state index contributed by atoms with van der Waals surface area (Å²) >= 11 is 0. The summed E-state index contributed by atoms with van der Waals surface area (Å²) in [5, 5.41) is 5.60. The van der Waals surface area contributed by atoms with Gasteiger partial charge in [0.25, 0.3) is 5.91 Å². The molecule has 0 heterocycles. The van der Waals surface area contributed by atoms with Gasteiger partial charge in [-0.15, -0.1) is 0 Å². The third-order valence-corrected chi connectivity index (χ3v) is 5.44. The molecule has 1 fully saturated rings. The van der Waals surface area contributed by atoms with Crippen molar-refractivity contribution in [3.05, 3.63) is 64.7 Å². The van der Waals surface area contributed by atoms with E-state index in [2.05, 4.69) is 10.6 Å². The van der Waals surface area contributed by atoms with E-state index in [0.717, 1.165) is 43.4 Å². The fraction of sp³-hybridized carbons (Fsp3) is 0.364. The van der Waals surface area contributed by atoms with Crippen molar-refractivity contribution in [1.82, 2.24) is 5.32 Å². The molecule has 0 unspecified atom stereocenters. The molecule has 0 saturated heterocycles. The van der Waals surface area contributed by atoms with Gasteiger partial charge in [0.15, 0.2) is 0 Å². The van der Waals surface area contributed by atoms with Gasteiger partial charge < -0.3 is 10.6 Å². The Morgan fingerprint density at radius 3 is 2.32 bits per heavy atom. The van der Waals surface area contributed by atoms with Crippen LogP contribution in [-0.2, 0) is 10.2 Å². The summed E-state index contributed by atoms with van der Waals surface area (Å²) in [6.07, 6.45) is 3.48. The van der Waals surface area contributed by atoms with Crippen LogP contribution in [0.1, 0.15) is 54.1 Å². The molecule has 4 nitrogen and oxygen atoms in total. The van der Waals surface area contributed by atoms with Crippen molar-refractivity contribution in [3.63, 3.8) is 0 Å². The number of nitrogens with one attached hydrogen (secondary N) is 2. The van der Waals surface area contributed by atoms with Gasteiger partial charge in [-0.2, -0.15) is 0 Å². The molecule has 0 bridgehead atoms. The number of hydrogen-bond acceptors (Lipinski definition) is 2. The van der Waals surface area contributed by atoms with Crippen molar-refractivity contribution in [3.8, 4) is 0 Å². The van der Waals surface area contributed by atoms with Gasteiger partial charge in [0.1, 0.15) is 11.6 Å². The second-order valence-corrected chi connectivity index (χ2v) is 7.26. The van der Waals surface area contributed by atoms with Crippen molar-refractivity contribution in [2.24, 2.45) is 0 Å². The van der Waals surface area contributed by atoms with E-state index in [9.17, 15) is 18.4 Å². The summed E-state index contributed by atoms with van der Waals surface area (Å²) in [6, 6.07) is 9.26. The van der Waals surface area contributed by atoms with Crippen LogP contribution in [0.5, 0.6) is 0 Å². The monoisotopic (exact) mass is 386 g/mol. The summed E-state index contributed by atoms with van der Waals surface area (Å²) in [4.78, 5) is 24.9. The average Bonchev–Trinajstić information content (AvgIpc) is 2.65. The van der Waals surface area contributed by atoms with Crippen LogP contribution in [0.3, 0.4) is 0 Å². The molecule has 1 aliphatic carbocycles. The van der Waals surface area contributed by atoms with Crippen LogP contribution in [0.15, 0.2) is 36.4 Å². The van der Waals surface area contributed by atoms with Gasteiger partial charge in [-0.3, -0.25) is 9.59 Å². The summed E-state index contributed by atoms with van der Waals surface area (Å²) in [5.74, 6) is -2.16. The maximum atomic E-state index is 14.1. The quantitative estimate of drug-likeness (QED) is 0.769. The fourth-order valence-corrected chi connectivity index (χ4v) is 3.49. The lowest BCUT2D eigenvalue weighted by molar-refractivity contribution is -0.129. The van der Waals surface area contributed by atoms with Crippen LogP contribution in [0, 0.1) is 18.6 Å². The molecular formula is C22H24F2N2O2. The first kappa shape index (κ1) is 20.0. The molecule has 0 atom stereocenters. The second-order valence-electron chi connectivity index (χ2n) is 7.26. The summed E-state index contributed by atoms with van der Waals surface area (Å²) < 4.78 is 27.5. The molecular weight excluding hydrogens is 362 g/mol. The Bertz CT molecular complexity index is 890. The Morgan fingerprint density at radius 1 is 1.07 bits per heavy atom. The number of rotatable bonds is 6. The van der Waals surface area contributed by atoms with Crippen LogP contribution in [0.25, 0.3) is 0 Å². The van der Waals surface area contributed by atoms with E-state index in [0.29, 0.717) is 12.2 Å². The summed E-state index contributed by atoms with van der Waals surface area (Å²) in [6.45, 7) is 3.95. The predicted molar refractivity (Wildman–Crippen MR) is 104 cm³/mol. The van der Waals surface area contributed by atoms with E-state index in [1.165, 1.54) is 6.92 Å². The van der Waals surface area contributed by atoms with Crippen molar-refractivity contribution >= 4 is 17.5 Å². The Balaban J connectivity index is 1.75. The van der Waals surface area contributed by atoms with Gasteiger partial charge in [-0.25, -0.2) is 8.78 Å². The van der Waals surface area contributed by atoms with E-state index >= 15 is 0 Å². The van der Waals surface area contributed by atoms with E-state index < -0.39 is 23.0 Å². The third kappa shape index (κ3) is 3.63. The molecule has 0 aliphatic heterocycles. The van der Waals surface area contributed by atoms with Crippen LogP contribution in [0.2, 0.25) is 0 Å². The van der Waals surface area contributed by atoms with Gasteiger partial charge in [0.2, 0.25) is 5.91 Å². The summed E-state index contributed by atoms with van der Waals surface area (Å²) in [5.41, 5.74) is 0.496. The SMILES string of the molecule is CCCNC(=O)C1(c2ccc(NC(=O)c3ccc(F)c(C)c3F)cc2)CCC1. The Hall–Kier alpha value is -2.76. The minimum atomic E-state index is -0.866. The summed E-state index contributed by atoms with van der Waals surface area (Å²) in [7, 11) is 0. The minimum Gasteiger partial charge on any atom is -0.355 e. The molecule has 2 amide bonds. The van der Waals surface area contributed by atoms with E-state index in [1.54, 1.807) is 12.1 Å². The number of amides is 2. The molecule has 2 aromatic carbocycles. The number of halogens is 2. The fourth-order valence-electron chi connectivity index (χ4n) is 3.49. The van der Waals surface area contributed by atoms with Crippen molar-refractivity contribution in [2.45, 2.75) is 44.9 Å². The molecule has 28 heavy (non-hydrogen) atoms. The lowest BCUT2D eigenvalue weighted by Crippen LogP contribution is -2.49. The number of hydrogen-bond donors (Lipinski definition) is 2. The molecule has 1 saturated carbocycles. The largest absolute Gasteiger partial charge is 0.355 e. The Kier molecular flexibility index (Phi) is 5.77. The van der Waals surface area contributed by atoms with Crippen molar-refractivity contribution in [1.29, 1.82) is 0 Å². The highest BCUT2D eigenvalue weighted by Crippen LogP contribution is 2.44. The normalized spacial score (nSPS) is 14.9. The zero-order chi connectivity index (χ0) is 20.3. The van der Waals surface area contributed by atoms with Gasteiger partial charge in [-0.05, 0) is 56.0 Å². The molecule has 1 aliphatic rings. The number of benzene rings is 2. The van der Waals surface area contributed by atoms with Crippen LogP contribution in [-0.4, -0.2) is 18.4 Å². The number of carbonyl (C=O) groups is 2. The van der Waals surface area contributed by atoms with Crippen LogP contribution in [0.4, 0.5) is 14.5 Å². The highest BCUT2D eigenvalue weighted by atomic mass is 19.1. The second kappa shape index (κ2) is 8.09. The first-order valence-corrected chi connectivity index (χ1v) is 9.54. The van der Waals surface area contributed by atoms with Gasteiger partial charge >= 0.3 is 0 Å². The predicted octanol–water partition coefficient (Wildman–Crippen LogP) is 4.47. The van der Waals surface area contributed by atoms with E-state index in [-0.39, 0.29) is 17.0 Å². The maximum absolute atomic E-state index is 14.1. The highest BCUT2D eigenvalue weighted by molar-refractivity contribution is 6.04. The molecule has 0 spiro atoms. The third-order valence-electron chi connectivity index (χ3n) is 5.44. The minimum absolute atomic E-state index is 0.0428. The van der Waals surface area contributed by atoms with E-state index in [4.69, 9.17) is 0 Å². The van der Waals surface area contributed by atoms with Crippen molar-refractivity contribution in [2.75, 3.05) is 11.9 Å². The molecule has 2 aromatic rings. The first-order chi connectivity index (χ1) is 13.4. The number of carbonyl (C=O) groups excluding carboxylic acids is 2. The molecule has 3 rings (SSSR count). The molecule has 148 valence electrons. The zero-order valence-corrected chi connectivity index (χ0v) is 16.1. The van der Waals surface area contributed by atoms with Gasteiger partial charge in [0.05, 0.1) is 11.0 Å². The van der Waals surface area contributed by atoms with Crippen molar-refractivity contribution < 1.29 is 18.4 Å². The lowest BCUT2D eigenvalue weighted by Gasteiger charge is -2.40. The standard InChI is InChI=1S/C22H24F2N2O2/c1-3-13-25-21(28)22(11-4-12-22)15-5-7-16(8-6-15)26-20(27)17-9-10-18(23)14(2)19(17)24/h5-10H,3-4,11-13H2,1-2H3,(H,25,28)(H,26,27). The average molecular weight is 386 g/mol. The van der Waals surface area contributed by atoms with E-state index in [1.807, 2.05) is 19.1 Å². The van der Waals surface area contributed by atoms with Gasteiger partial charge in [-0.1, -0.05) is 25.5 Å². The molecule has 0 radical (unpaired) electrons. The number of anilines is 1. The molecule has 6 heteroatoms. The Morgan fingerprint density at radius 2 is 1.75 bits per heavy atom. The first-order valence-electron chi connectivity index (χ1n) is 9.54. The lowest BCUT2D eigenvalue weighted by atomic mass is 9.64. The molecule has 2 N–H and O–H groups in total. The maximum Gasteiger partial charge on any atom is 0.258 e. The zero-order valence-electron chi connectivity index (χ0n) is 16.1.